The molecule has 23 heavy (non-hydrogen) atoms. The van der Waals surface area contributed by atoms with Gasteiger partial charge in [0.1, 0.15) is 4.88 Å². The van der Waals surface area contributed by atoms with Crippen molar-refractivity contribution in [2.75, 3.05) is 6.61 Å². The molecule has 0 saturated carbocycles. The summed E-state index contributed by atoms with van der Waals surface area (Å²) < 4.78 is 5.07. The number of hydrogen-bond donors (Lipinski definition) is 1. The summed E-state index contributed by atoms with van der Waals surface area (Å²) in [4.78, 5) is 24.4. The van der Waals surface area contributed by atoms with E-state index in [1.165, 1.54) is 22.5 Å². The van der Waals surface area contributed by atoms with E-state index in [1.54, 1.807) is 0 Å². The molecule has 0 fully saturated rings. The molecule has 0 aliphatic heterocycles. The van der Waals surface area contributed by atoms with E-state index in [0.29, 0.717) is 4.88 Å². The molecule has 1 aromatic carbocycles. The molecular formula is C18H21NO3S. The topological polar surface area (TPSA) is 55.4 Å². The highest BCUT2D eigenvalue weighted by Gasteiger charge is 2.15. The van der Waals surface area contributed by atoms with Gasteiger partial charge in [-0.3, -0.25) is 4.79 Å². The second-order valence-corrected chi connectivity index (χ2v) is 6.56. The van der Waals surface area contributed by atoms with Gasteiger partial charge in [0.05, 0.1) is 6.04 Å². The Morgan fingerprint density at radius 2 is 1.87 bits per heavy atom. The summed E-state index contributed by atoms with van der Waals surface area (Å²) >= 11 is 1.32. The molecule has 1 heterocycles. The van der Waals surface area contributed by atoms with Crippen LogP contribution in [0.25, 0.3) is 0 Å². The van der Waals surface area contributed by atoms with Crippen LogP contribution in [0.3, 0.4) is 0 Å². The van der Waals surface area contributed by atoms with E-state index >= 15 is 0 Å². The second-order valence-electron chi connectivity index (χ2n) is 5.64. The van der Waals surface area contributed by atoms with Gasteiger partial charge in [-0.1, -0.05) is 18.2 Å². The number of carbonyl (C=O) groups excluding carboxylic acids is 2. The first-order chi connectivity index (χ1) is 10.9. The Kier molecular flexibility index (Phi) is 5.55. The Labute approximate surface area is 140 Å². The third-order valence-corrected chi connectivity index (χ3v) is 4.79. The molecule has 0 bridgehead atoms. The number of esters is 1. The lowest BCUT2D eigenvalue weighted by molar-refractivity contribution is -0.124. The minimum Gasteiger partial charge on any atom is -0.451 e. The van der Waals surface area contributed by atoms with E-state index in [4.69, 9.17) is 4.74 Å². The molecule has 2 rings (SSSR count). The molecule has 0 unspecified atom stereocenters. The predicted molar refractivity (Wildman–Crippen MR) is 91.8 cm³/mol. The van der Waals surface area contributed by atoms with E-state index in [9.17, 15) is 9.59 Å². The Morgan fingerprint density at radius 3 is 2.48 bits per heavy atom. The van der Waals surface area contributed by atoms with Gasteiger partial charge in [0.15, 0.2) is 6.61 Å². The zero-order chi connectivity index (χ0) is 17.0. The average molecular weight is 331 g/mol. The lowest BCUT2D eigenvalue weighted by Gasteiger charge is -2.15. The standard InChI is InChI=1S/C18H21NO3S/c1-11-5-6-15(9-13(11)3)14(4)19-16(20)10-22-18(21)17-12(2)7-8-23-17/h5-9,14H,10H2,1-4H3,(H,19,20)/t14-/m0/s1. The first-order valence-electron chi connectivity index (χ1n) is 7.46. The van der Waals surface area contributed by atoms with Crippen molar-refractivity contribution in [3.63, 3.8) is 0 Å². The molecule has 1 N–H and O–H groups in total. The van der Waals surface area contributed by atoms with Crippen molar-refractivity contribution in [3.8, 4) is 0 Å². The molecule has 2 aromatic rings. The highest BCUT2D eigenvalue weighted by molar-refractivity contribution is 7.12. The molecule has 0 spiro atoms. The van der Waals surface area contributed by atoms with E-state index in [0.717, 1.165) is 11.1 Å². The first-order valence-corrected chi connectivity index (χ1v) is 8.34. The maximum Gasteiger partial charge on any atom is 0.349 e. The second kappa shape index (κ2) is 7.42. The first kappa shape index (κ1) is 17.2. The van der Waals surface area contributed by atoms with Crippen LogP contribution >= 0.6 is 11.3 Å². The highest BCUT2D eigenvalue weighted by atomic mass is 32.1. The fraction of sp³-hybridized carbons (Fsp3) is 0.333. The zero-order valence-corrected chi connectivity index (χ0v) is 14.6. The van der Waals surface area contributed by atoms with Crippen LogP contribution < -0.4 is 5.32 Å². The van der Waals surface area contributed by atoms with Gasteiger partial charge in [-0.05, 0) is 61.4 Å². The van der Waals surface area contributed by atoms with Crippen LogP contribution in [0, 0.1) is 20.8 Å². The van der Waals surface area contributed by atoms with Crippen LogP contribution in [0.15, 0.2) is 29.6 Å². The summed E-state index contributed by atoms with van der Waals surface area (Å²) in [6.07, 6.45) is 0. The van der Waals surface area contributed by atoms with Gasteiger partial charge in [0.25, 0.3) is 5.91 Å². The van der Waals surface area contributed by atoms with Crippen LogP contribution in [0.1, 0.15) is 44.9 Å². The number of amides is 1. The van der Waals surface area contributed by atoms with Crippen molar-refractivity contribution in [1.29, 1.82) is 0 Å². The maximum absolute atomic E-state index is 12.0. The van der Waals surface area contributed by atoms with Crippen molar-refractivity contribution in [2.45, 2.75) is 33.7 Å². The van der Waals surface area contributed by atoms with E-state index < -0.39 is 5.97 Å². The van der Waals surface area contributed by atoms with Crippen LogP contribution in [0.4, 0.5) is 0 Å². The summed E-state index contributed by atoms with van der Waals surface area (Å²) in [6, 6.07) is 7.80. The Bertz CT molecular complexity index is 721. The molecule has 1 atom stereocenters. The van der Waals surface area contributed by atoms with Crippen molar-refractivity contribution in [1.82, 2.24) is 5.32 Å². The van der Waals surface area contributed by atoms with Crippen LogP contribution in [-0.4, -0.2) is 18.5 Å². The van der Waals surface area contributed by atoms with Crippen molar-refractivity contribution >= 4 is 23.2 Å². The Balaban J connectivity index is 1.88. The lowest BCUT2D eigenvalue weighted by Crippen LogP contribution is -2.31. The minimum absolute atomic E-state index is 0.135. The lowest BCUT2D eigenvalue weighted by atomic mass is 10.0. The molecule has 0 saturated heterocycles. The number of benzene rings is 1. The molecular weight excluding hydrogens is 310 g/mol. The number of nitrogens with one attached hydrogen (secondary N) is 1. The van der Waals surface area contributed by atoms with E-state index in [2.05, 4.69) is 11.4 Å². The smallest absolute Gasteiger partial charge is 0.349 e. The summed E-state index contributed by atoms with van der Waals surface area (Å²) in [6.45, 7) is 7.57. The van der Waals surface area contributed by atoms with Gasteiger partial charge in [0.2, 0.25) is 0 Å². The SMILES string of the molecule is Cc1ccc([C@H](C)NC(=O)COC(=O)c2sccc2C)cc1C. The normalized spacial score (nSPS) is 11.8. The Hall–Kier alpha value is -2.14. The van der Waals surface area contributed by atoms with Gasteiger partial charge < -0.3 is 10.1 Å². The van der Waals surface area contributed by atoms with Crippen LogP contribution in [0.5, 0.6) is 0 Å². The van der Waals surface area contributed by atoms with Gasteiger partial charge in [-0.25, -0.2) is 4.79 Å². The molecule has 0 radical (unpaired) electrons. The quantitative estimate of drug-likeness (QED) is 0.850. The van der Waals surface area contributed by atoms with Gasteiger partial charge >= 0.3 is 5.97 Å². The molecule has 1 aromatic heterocycles. The predicted octanol–water partition coefficient (Wildman–Crippen LogP) is 3.71. The largest absolute Gasteiger partial charge is 0.451 e. The number of carbonyl (C=O) groups is 2. The number of aryl methyl sites for hydroxylation is 3. The molecule has 4 nitrogen and oxygen atoms in total. The van der Waals surface area contributed by atoms with Gasteiger partial charge in [-0.15, -0.1) is 11.3 Å². The molecule has 5 heteroatoms. The molecule has 1 amide bonds. The van der Waals surface area contributed by atoms with E-state index in [-0.39, 0.29) is 18.6 Å². The Morgan fingerprint density at radius 1 is 1.13 bits per heavy atom. The maximum atomic E-state index is 12.0. The fourth-order valence-corrected chi connectivity index (χ4v) is 3.00. The number of thiophene rings is 1. The number of hydrogen-bond acceptors (Lipinski definition) is 4. The third kappa shape index (κ3) is 4.42. The highest BCUT2D eigenvalue weighted by Crippen LogP contribution is 2.18. The molecule has 0 aliphatic rings. The van der Waals surface area contributed by atoms with Crippen LogP contribution in [0.2, 0.25) is 0 Å². The monoisotopic (exact) mass is 331 g/mol. The van der Waals surface area contributed by atoms with Gasteiger partial charge in [-0.2, -0.15) is 0 Å². The fourth-order valence-electron chi connectivity index (χ4n) is 2.18. The van der Waals surface area contributed by atoms with Crippen molar-refractivity contribution < 1.29 is 14.3 Å². The number of ether oxygens (including phenoxy) is 1. The van der Waals surface area contributed by atoms with Crippen molar-refractivity contribution in [2.24, 2.45) is 0 Å². The summed E-state index contributed by atoms with van der Waals surface area (Å²) in [5.41, 5.74) is 4.29. The third-order valence-electron chi connectivity index (χ3n) is 3.79. The molecule has 0 aliphatic carbocycles. The van der Waals surface area contributed by atoms with Gasteiger partial charge in [0, 0.05) is 0 Å². The summed E-state index contributed by atoms with van der Waals surface area (Å²) in [5, 5.41) is 4.67. The molecule has 122 valence electrons. The summed E-state index contributed by atoms with van der Waals surface area (Å²) in [7, 11) is 0. The van der Waals surface area contributed by atoms with E-state index in [1.807, 2.05) is 51.3 Å². The zero-order valence-electron chi connectivity index (χ0n) is 13.8. The van der Waals surface area contributed by atoms with Crippen LogP contribution in [-0.2, 0) is 9.53 Å². The average Bonchev–Trinajstić information content (AvgIpc) is 2.93. The minimum atomic E-state index is -0.452. The van der Waals surface area contributed by atoms with Crippen molar-refractivity contribution in [3.05, 3.63) is 56.8 Å². The summed E-state index contributed by atoms with van der Waals surface area (Å²) in [5.74, 6) is -0.759. The number of rotatable bonds is 5.